The van der Waals surface area contributed by atoms with Gasteiger partial charge in [-0.25, -0.2) is 0 Å². The molecule has 7 nitrogen and oxygen atoms in total. The minimum absolute atomic E-state index is 0.0849. The number of carbonyl (C=O) groups is 1. The number of nitrogens with one attached hydrogen (secondary N) is 1. The lowest BCUT2D eigenvalue weighted by atomic mass is 9.95. The number of fused-ring (bicyclic) bond motifs is 1. The van der Waals surface area contributed by atoms with E-state index in [1.165, 1.54) is 0 Å². The van der Waals surface area contributed by atoms with Crippen LogP contribution < -0.4 is 9.47 Å². The Labute approximate surface area is 198 Å². The number of hydrogen-bond acceptors (Lipinski definition) is 5. The molecule has 34 heavy (non-hydrogen) atoms. The molecule has 0 bridgehead atoms. The molecule has 0 radical (unpaired) electrons. The first-order valence-corrected chi connectivity index (χ1v) is 11.4. The van der Waals surface area contributed by atoms with E-state index in [4.69, 9.17) is 9.47 Å². The fourth-order valence-corrected chi connectivity index (χ4v) is 4.45. The van der Waals surface area contributed by atoms with Crippen molar-refractivity contribution in [2.24, 2.45) is 0 Å². The standard InChI is InChI=1S/C27H26N4O3/c1-3-33-21-11-10-20(16-22(21)34-4-2)26-23-24(19-8-6-5-7-9-19)29-30-25(23)27(32)31(26)17-18-12-14-28-15-13-18/h5-16,26H,3-4,17H2,1-2H3,(H,29,30). The molecular weight excluding hydrogens is 428 g/mol. The maximum atomic E-state index is 13.6. The van der Waals surface area contributed by atoms with Crippen LogP contribution in [0.4, 0.5) is 0 Å². The number of pyridine rings is 1. The summed E-state index contributed by atoms with van der Waals surface area (Å²) in [6, 6.07) is 19.3. The van der Waals surface area contributed by atoms with Crippen LogP contribution in [0.2, 0.25) is 0 Å². The van der Waals surface area contributed by atoms with Gasteiger partial charge in [-0.3, -0.25) is 14.9 Å². The summed E-state index contributed by atoms with van der Waals surface area (Å²) in [7, 11) is 0. The van der Waals surface area contributed by atoms with Crippen molar-refractivity contribution in [3.8, 4) is 22.8 Å². The number of nitrogens with zero attached hydrogens (tertiary/aromatic N) is 3. The van der Waals surface area contributed by atoms with E-state index < -0.39 is 0 Å². The molecule has 0 aliphatic carbocycles. The van der Waals surface area contributed by atoms with Crippen LogP contribution >= 0.6 is 0 Å². The van der Waals surface area contributed by atoms with Gasteiger partial charge in [-0.15, -0.1) is 0 Å². The van der Waals surface area contributed by atoms with E-state index in [0.29, 0.717) is 37.0 Å². The zero-order valence-electron chi connectivity index (χ0n) is 19.2. The Morgan fingerprint density at radius 2 is 1.68 bits per heavy atom. The van der Waals surface area contributed by atoms with Crippen molar-refractivity contribution in [3.63, 3.8) is 0 Å². The predicted octanol–water partition coefficient (Wildman–Crippen LogP) is 5.01. The van der Waals surface area contributed by atoms with Gasteiger partial charge in [0, 0.05) is 30.1 Å². The molecule has 0 spiro atoms. The second-order valence-corrected chi connectivity index (χ2v) is 7.99. The third-order valence-electron chi connectivity index (χ3n) is 5.90. The molecule has 1 amide bonds. The SMILES string of the molecule is CCOc1ccc(C2c3c(-c4ccccc4)n[nH]c3C(=O)N2Cc2ccncc2)cc1OCC. The van der Waals surface area contributed by atoms with Crippen molar-refractivity contribution in [2.45, 2.75) is 26.4 Å². The second kappa shape index (κ2) is 9.39. The van der Waals surface area contributed by atoms with Gasteiger partial charge in [0.15, 0.2) is 11.5 Å². The zero-order valence-corrected chi connectivity index (χ0v) is 19.2. The van der Waals surface area contributed by atoms with Gasteiger partial charge in [0.05, 0.1) is 24.9 Å². The molecule has 1 aliphatic rings. The number of ether oxygens (including phenoxy) is 2. The summed E-state index contributed by atoms with van der Waals surface area (Å²) in [6.45, 7) is 5.39. The zero-order chi connectivity index (χ0) is 23.5. The maximum absolute atomic E-state index is 13.6. The molecule has 0 saturated heterocycles. The molecule has 1 atom stereocenters. The molecule has 0 saturated carbocycles. The Morgan fingerprint density at radius 1 is 0.941 bits per heavy atom. The van der Waals surface area contributed by atoms with Gasteiger partial charge in [0.1, 0.15) is 5.69 Å². The minimum atomic E-state index is -0.334. The Balaban J connectivity index is 1.65. The molecule has 5 rings (SSSR count). The third kappa shape index (κ3) is 3.90. The molecule has 4 aromatic rings. The van der Waals surface area contributed by atoms with Gasteiger partial charge < -0.3 is 14.4 Å². The maximum Gasteiger partial charge on any atom is 0.273 e. The van der Waals surface area contributed by atoms with E-state index in [1.807, 2.05) is 79.4 Å². The molecule has 2 aromatic carbocycles. The molecule has 3 heterocycles. The normalized spacial score (nSPS) is 14.8. The van der Waals surface area contributed by atoms with Gasteiger partial charge >= 0.3 is 0 Å². The van der Waals surface area contributed by atoms with Crippen molar-refractivity contribution < 1.29 is 14.3 Å². The highest BCUT2D eigenvalue weighted by Gasteiger charge is 2.42. The van der Waals surface area contributed by atoms with E-state index in [-0.39, 0.29) is 11.9 Å². The van der Waals surface area contributed by atoms with Crippen molar-refractivity contribution in [2.75, 3.05) is 13.2 Å². The van der Waals surface area contributed by atoms with Crippen LogP contribution in [0, 0.1) is 0 Å². The number of H-pyrrole nitrogens is 1. The van der Waals surface area contributed by atoms with Crippen molar-refractivity contribution in [3.05, 3.63) is 95.4 Å². The molecule has 7 heteroatoms. The molecule has 172 valence electrons. The van der Waals surface area contributed by atoms with Crippen molar-refractivity contribution in [1.82, 2.24) is 20.1 Å². The van der Waals surface area contributed by atoms with Crippen LogP contribution in [0.15, 0.2) is 73.1 Å². The van der Waals surface area contributed by atoms with E-state index in [0.717, 1.165) is 27.9 Å². The largest absolute Gasteiger partial charge is 0.490 e. The molecule has 1 unspecified atom stereocenters. The number of amides is 1. The number of rotatable bonds is 8. The quantitative estimate of drug-likeness (QED) is 0.405. The van der Waals surface area contributed by atoms with Gasteiger partial charge in [0.25, 0.3) is 5.91 Å². The lowest BCUT2D eigenvalue weighted by Crippen LogP contribution is -2.29. The summed E-state index contributed by atoms with van der Waals surface area (Å²) in [5.74, 6) is 1.27. The fourth-order valence-electron chi connectivity index (χ4n) is 4.45. The predicted molar refractivity (Wildman–Crippen MR) is 129 cm³/mol. The van der Waals surface area contributed by atoms with Crippen LogP contribution in [-0.2, 0) is 6.54 Å². The Bertz CT molecular complexity index is 1290. The average Bonchev–Trinajstić information content (AvgIpc) is 3.41. The summed E-state index contributed by atoms with van der Waals surface area (Å²) >= 11 is 0. The molecule has 1 aliphatic heterocycles. The average molecular weight is 455 g/mol. The number of benzene rings is 2. The summed E-state index contributed by atoms with van der Waals surface area (Å²) in [5, 5.41) is 7.55. The highest BCUT2D eigenvalue weighted by atomic mass is 16.5. The smallest absolute Gasteiger partial charge is 0.273 e. The van der Waals surface area contributed by atoms with Crippen LogP contribution in [0.25, 0.3) is 11.3 Å². The summed E-state index contributed by atoms with van der Waals surface area (Å²) in [6.07, 6.45) is 3.48. The lowest BCUT2D eigenvalue weighted by molar-refractivity contribution is 0.0729. The topological polar surface area (TPSA) is 80.3 Å². The molecule has 1 N–H and O–H groups in total. The number of hydrogen-bond donors (Lipinski definition) is 1. The monoisotopic (exact) mass is 454 g/mol. The van der Waals surface area contributed by atoms with Gasteiger partial charge in [-0.1, -0.05) is 36.4 Å². The van der Waals surface area contributed by atoms with Crippen LogP contribution in [0.3, 0.4) is 0 Å². The Hall–Kier alpha value is -4.13. The highest BCUT2D eigenvalue weighted by Crippen LogP contribution is 2.45. The molecular formula is C27H26N4O3. The summed E-state index contributed by atoms with van der Waals surface area (Å²) < 4.78 is 11.7. The van der Waals surface area contributed by atoms with Crippen LogP contribution in [-0.4, -0.2) is 39.2 Å². The van der Waals surface area contributed by atoms with E-state index in [9.17, 15) is 4.79 Å². The Morgan fingerprint density at radius 3 is 2.41 bits per heavy atom. The first-order chi connectivity index (χ1) is 16.7. The van der Waals surface area contributed by atoms with Crippen LogP contribution in [0.5, 0.6) is 11.5 Å². The Kier molecular flexibility index (Phi) is 5.99. The van der Waals surface area contributed by atoms with E-state index >= 15 is 0 Å². The number of aromatic amines is 1. The van der Waals surface area contributed by atoms with E-state index in [2.05, 4.69) is 15.2 Å². The van der Waals surface area contributed by atoms with Gasteiger partial charge in [0.2, 0.25) is 0 Å². The fraction of sp³-hybridized carbons (Fsp3) is 0.222. The van der Waals surface area contributed by atoms with Gasteiger partial charge in [-0.2, -0.15) is 5.10 Å². The van der Waals surface area contributed by atoms with E-state index in [1.54, 1.807) is 12.4 Å². The number of carbonyl (C=O) groups excluding carboxylic acids is 1. The first-order valence-electron chi connectivity index (χ1n) is 11.4. The summed E-state index contributed by atoms with van der Waals surface area (Å²) in [4.78, 5) is 19.6. The van der Waals surface area contributed by atoms with Crippen molar-refractivity contribution >= 4 is 5.91 Å². The van der Waals surface area contributed by atoms with Gasteiger partial charge in [-0.05, 0) is 49.2 Å². The minimum Gasteiger partial charge on any atom is -0.490 e. The first kappa shape index (κ1) is 21.7. The highest BCUT2D eigenvalue weighted by molar-refractivity contribution is 6.00. The lowest BCUT2D eigenvalue weighted by Gasteiger charge is -2.27. The van der Waals surface area contributed by atoms with Crippen LogP contribution in [0.1, 0.15) is 47.1 Å². The number of aromatic nitrogens is 3. The molecule has 0 fully saturated rings. The third-order valence-corrected chi connectivity index (χ3v) is 5.90. The molecule has 2 aromatic heterocycles. The summed E-state index contributed by atoms with van der Waals surface area (Å²) in [5.41, 5.74) is 5.06. The second-order valence-electron chi connectivity index (χ2n) is 7.99. The van der Waals surface area contributed by atoms with Crippen molar-refractivity contribution in [1.29, 1.82) is 0 Å².